The SMILES string of the molecule is C[Si](O)(CCCS)C1CCCCC1. The van der Waals surface area contributed by atoms with Gasteiger partial charge in [-0.05, 0) is 30.3 Å². The monoisotopic (exact) mass is 218 g/mol. The molecule has 78 valence electrons. The Labute approximate surface area is 88.5 Å². The van der Waals surface area contributed by atoms with Crippen LogP contribution in [0.15, 0.2) is 0 Å². The van der Waals surface area contributed by atoms with Crippen LogP contribution >= 0.6 is 12.6 Å². The van der Waals surface area contributed by atoms with Gasteiger partial charge in [-0.3, -0.25) is 0 Å². The zero-order valence-electron chi connectivity index (χ0n) is 8.63. The van der Waals surface area contributed by atoms with Gasteiger partial charge in [0.2, 0.25) is 0 Å². The van der Waals surface area contributed by atoms with Gasteiger partial charge in [0.25, 0.3) is 0 Å². The van der Waals surface area contributed by atoms with Crippen LogP contribution in [-0.4, -0.2) is 18.9 Å². The van der Waals surface area contributed by atoms with Gasteiger partial charge in [-0.25, -0.2) is 0 Å². The van der Waals surface area contributed by atoms with Crippen molar-refractivity contribution in [3.63, 3.8) is 0 Å². The number of rotatable bonds is 4. The van der Waals surface area contributed by atoms with Gasteiger partial charge in [0.05, 0.1) is 0 Å². The van der Waals surface area contributed by atoms with Crippen LogP contribution in [0, 0.1) is 0 Å². The van der Waals surface area contributed by atoms with Gasteiger partial charge in [0.1, 0.15) is 0 Å². The quantitative estimate of drug-likeness (QED) is 0.548. The Kier molecular flexibility index (Phi) is 4.84. The first-order valence-electron chi connectivity index (χ1n) is 5.50. The number of hydrogen-bond donors (Lipinski definition) is 2. The molecule has 1 fully saturated rings. The molecule has 0 aromatic rings. The van der Waals surface area contributed by atoms with Crippen molar-refractivity contribution in [2.45, 2.75) is 56.7 Å². The third kappa shape index (κ3) is 3.64. The minimum absolute atomic E-state index is 0.682. The average Bonchev–Trinajstić information content (AvgIpc) is 2.16. The molecule has 0 amide bonds. The van der Waals surface area contributed by atoms with E-state index in [1.165, 1.54) is 32.1 Å². The Morgan fingerprint density at radius 2 is 1.92 bits per heavy atom. The molecule has 1 atom stereocenters. The smallest absolute Gasteiger partial charge is 0.188 e. The molecular formula is C10H22OSSi. The lowest BCUT2D eigenvalue weighted by molar-refractivity contribution is 0.428. The van der Waals surface area contributed by atoms with E-state index in [1.54, 1.807) is 0 Å². The topological polar surface area (TPSA) is 20.2 Å². The summed E-state index contributed by atoms with van der Waals surface area (Å²) < 4.78 is 0. The maximum Gasteiger partial charge on any atom is 0.188 e. The van der Waals surface area contributed by atoms with Crippen molar-refractivity contribution in [2.75, 3.05) is 5.75 Å². The number of thiol groups is 1. The second-order valence-electron chi connectivity index (χ2n) is 4.52. The van der Waals surface area contributed by atoms with Crippen molar-refractivity contribution in [3.8, 4) is 0 Å². The third-order valence-electron chi connectivity index (χ3n) is 3.33. The normalized spacial score (nSPS) is 24.2. The minimum atomic E-state index is -1.87. The van der Waals surface area contributed by atoms with Crippen molar-refractivity contribution in [2.24, 2.45) is 0 Å². The highest BCUT2D eigenvalue weighted by Crippen LogP contribution is 2.37. The van der Waals surface area contributed by atoms with E-state index >= 15 is 0 Å². The standard InChI is InChI=1S/C10H22OSSi/c1-13(11,9-5-8-12)10-6-3-2-4-7-10/h10-12H,2-9H2,1H3. The first-order chi connectivity index (χ1) is 6.17. The van der Waals surface area contributed by atoms with Crippen LogP contribution in [0.25, 0.3) is 0 Å². The first kappa shape index (κ1) is 11.6. The summed E-state index contributed by atoms with van der Waals surface area (Å²) in [7, 11) is -1.87. The molecule has 1 N–H and O–H groups in total. The third-order valence-corrected chi connectivity index (χ3v) is 7.34. The van der Waals surface area contributed by atoms with Crippen LogP contribution in [0.1, 0.15) is 38.5 Å². The number of hydrogen-bond acceptors (Lipinski definition) is 2. The van der Waals surface area contributed by atoms with Gasteiger partial charge < -0.3 is 4.80 Å². The summed E-state index contributed by atoms with van der Waals surface area (Å²) in [5.74, 6) is 0.926. The molecule has 1 aliphatic rings. The predicted molar refractivity (Wildman–Crippen MR) is 63.9 cm³/mol. The molecule has 13 heavy (non-hydrogen) atoms. The molecule has 1 saturated carbocycles. The lowest BCUT2D eigenvalue weighted by Crippen LogP contribution is -2.37. The second-order valence-corrected chi connectivity index (χ2v) is 9.00. The van der Waals surface area contributed by atoms with Crippen LogP contribution in [0.4, 0.5) is 0 Å². The van der Waals surface area contributed by atoms with Crippen LogP contribution in [0.3, 0.4) is 0 Å². The molecule has 0 spiro atoms. The summed E-state index contributed by atoms with van der Waals surface area (Å²) in [6.07, 6.45) is 7.73. The summed E-state index contributed by atoms with van der Waals surface area (Å²) >= 11 is 4.21. The van der Waals surface area contributed by atoms with Crippen LogP contribution < -0.4 is 0 Å². The van der Waals surface area contributed by atoms with Crippen molar-refractivity contribution in [1.29, 1.82) is 0 Å². The van der Waals surface area contributed by atoms with Gasteiger partial charge in [0.15, 0.2) is 8.32 Å². The highest BCUT2D eigenvalue weighted by atomic mass is 32.1. The Bertz CT molecular complexity index is 144. The average molecular weight is 218 g/mol. The van der Waals surface area contributed by atoms with Crippen molar-refractivity contribution < 1.29 is 4.80 Å². The summed E-state index contributed by atoms with van der Waals surface area (Å²) in [5.41, 5.74) is 0.682. The van der Waals surface area contributed by atoms with E-state index in [1.807, 2.05) is 0 Å². The van der Waals surface area contributed by atoms with E-state index < -0.39 is 8.32 Å². The van der Waals surface area contributed by atoms with Gasteiger partial charge in [-0.15, -0.1) is 0 Å². The first-order valence-corrected chi connectivity index (χ1v) is 8.86. The highest BCUT2D eigenvalue weighted by Gasteiger charge is 2.34. The largest absolute Gasteiger partial charge is 0.432 e. The molecule has 1 nitrogen and oxygen atoms in total. The van der Waals surface area contributed by atoms with Crippen LogP contribution in [-0.2, 0) is 0 Å². The van der Waals surface area contributed by atoms with Gasteiger partial charge >= 0.3 is 0 Å². The van der Waals surface area contributed by atoms with E-state index in [4.69, 9.17) is 0 Å². The zero-order chi connectivity index (χ0) is 9.73. The van der Waals surface area contributed by atoms with Crippen molar-refractivity contribution in [3.05, 3.63) is 0 Å². The Balaban J connectivity index is 2.36. The molecule has 0 heterocycles. The fourth-order valence-electron chi connectivity index (χ4n) is 2.37. The van der Waals surface area contributed by atoms with E-state index in [0.717, 1.165) is 18.2 Å². The molecule has 0 saturated heterocycles. The molecule has 3 heteroatoms. The highest BCUT2D eigenvalue weighted by molar-refractivity contribution is 7.80. The molecule has 1 rings (SSSR count). The molecule has 0 radical (unpaired) electrons. The summed E-state index contributed by atoms with van der Waals surface area (Å²) in [4.78, 5) is 10.4. The fraction of sp³-hybridized carbons (Fsp3) is 1.00. The van der Waals surface area contributed by atoms with E-state index in [-0.39, 0.29) is 0 Å². The van der Waals surface area contributed by atoms with Crippen LogP contribution in [0.2, 0.25) is 18.1 Å². The molecule has 0 aliphatic heterocycles. The molecule has 1 unspecified atom stereocenters. The van der Waals surface area contributed by atoms with E-state index in [2.05, 4.69) is 19.2 Å². The lowest BCUT2D eigenvalue weighted by atomic mass is 10.0. The van der Waals surface area contributed by atoms with E-state index in [0.29, 0.717) is 5.54 Å². The maximum absolute atomic E-state index is 10.4. The van der Waals surface area contributed by atoms with Crippen LogP contribution in [0.5, 0.6) is 0 Å². The van der Waals surface area contributed by atoms with Crippen molar-refractivity contribution >= 4 is 20.9 Å². The van der Waals surface area contributed by atoms with Crippen molar-refractivity contribution in [1.82, 2.24) is 0 Å². The molecule has 0 bridgehead atoms. The minimum Gasteiger partial charge on any atom is -0.432 e. The predicted octanol–water partition coefficient (Wildman–Crippen LogP) is 3.21. The van der Waals surface area contributed by atoms with Gasteiger partial charge in [-0.1, -0.05) is 32.1 Å². The molecule has 0 aromatic heterocycles. The fourth-order valence-corrected chi connectivity index (χ4v) is 5.77. The van der Waals surface area contributed by atoms with Gasteiger partial charge in [0, 0.05) is 0 Å². The Morgan fingerprint density at radius 1 is 1.31 bits per heavy atom. The summed E-state index contributed by atoms with van der Waals surface area (Å²) in [5, 5.41) is 0. The molecular weight excluding hydrogens is 196 g/mol. The zero-order valence-corrected chi connectivity index (χ0v) is 10.5. The Morgan fingerprint density at radius 3 is 2.46 bits per heavy atom. The van der Waals surface area contributed by atoms with Gasteiger partial charge in [-0.2, -0.15) is 12.6 Å². The molecule has 0 aromatic carbocycles. The summed E-state index contributed by atoms with van der Waals surface area (Å²) in [6, 6.07) is 1.06. The summed E-state index contributed by atoms with van der Waals surface area (Å²) in [6.45, 7) is 2.15. The maximum atomic E-state index is 10.4. The second kappa shape index (κ2) is 5.42. The Hall–Kier alpha value is 0.527. The molecule has 1 aliphatic carbocycles. The lowest BCUT2D eigenvalue weighted by Gasteiger charge is -2.33. The van der Waals surface area contributed by atoms with E-state index in [9.17, 15) is 4.80 Å².